The molecule has 0 aliphatic heterocycles. The van der Waals surface area contributed by atoms with Crippen LogP contribution in [0.4, 0.5) is 5.00 Å². The fraction of sp³-hybridized carbons (Fsp3) is 0.357. The highest BCUT2D eigenvalue weighted by atomic mass is 32.2. The van der Waals surface area contributed by atoms with Crippen molar-refractivity contribution >= 4 is 61.5 Å². The van der Waals surface area contributed by atoms with Crippen LogP contribution in [0, 0.1) is 5.92 Å². The van der Waals surface area contributed by atoms with Gasteiger partial charge in [0.2, 0.25) is 5.91 Å². The number of carbonyl (C=O) groups excluding carboxylic acids is 2. The highest BCUT2D eigenvalue weighted by Gasteiger charge is 2.29. The molecular weight excluding hydrogens is 539 g/mol. The first kappa shape index (κ1) is 25.3. The van der Waals surface area contributed by atoms with Crippen molar-refractivity contribution in [2.45, 2.75) is 50.6 Å². The third-order valence-electron chi connectivity index (χ3n) is 7.21. The lowest BCUT2D eigenvalue weighted by atomic mass is 9.89. The molecule has 0 fully saturated rings. The van der Waals surface area contributed by atoms with Crippen LogP contribution in [0.5, 0.6) is 0 Å². The van der Waals surface area contributed by atoms with Gasteiger partial charge in [0, 0.05) is 9.75 Å². The van der Waals surface area contributed by atoms with Crippen molar-refractivity contribution in [3.63, 3.8) is 0 Å². The third kappa shape index (κ3) is 4.48. The zero-order valence-electron chi connectivity index (χ0n) is 21.2. The third-order valence-corrected chi connectivity index (χ3v) is 10.5. The summed E-state index contributed by atoms with van der Waals surface area (Å²) in [5.41, 5.74) is 3.24. The molecule has 3 heterocycles. The van der Waals surface area contributed by atoms with Gasteiger partial charge < -0.3 is 10.1 Å². The van der Waals surface area contributed by atoms with E-state index in [9.17, 15) is 14.4 Å². The number of anilines is 1. The van der Waals surface area contributed by atoms with Crippen LogP contribution in [0.15, 0.2) is 40.3 Å². The van der Waals surface area contributed by atoms with Gasteiger partial charge in [-0.05, 0) is 67.7 Å². The topological polar surface area (TPSA) is 90.3 Å². The largest absolute Gasteiger partial charge is 0.465 e. The summed E-state index contributed by atoms with van der Waals surface area (Å²) in [6, 6.07) is 9.46. The minimum absolute atomic E-state index is 0.0517. The van der Waals surface area contributed by atoms with Crippen LogP contribution >= 0.6 is 34.4 Å². The maximum Gasteiger partial charge on any atom is 0.341 e. The van der Waals surface area contributed by atoms with Gasteiger partial charge >= 0.3 is 5.97 Å². The number of carbonyl (C=O) groups is 2. The standard InChI is InChI=1S/C28H27N3O4S3/c1-15-11-12-18-20(13-15)38-24-22(18)26(33)31(16-7-4-3-5-8-16)28(30-24)36-14-21(32)29-25-23(27(34)35-2)17-9-6-10-19(17)37-25/h3-5,7-8,15H,6,9-14H2,1-2H3,(H,29,32)/t15-/m0/s1. The van der Waals surface area contributed by atoms with Gasteiger partial charge in [0.25, 0.3) is 5.56 Å². The maximum absolute atomic E-state index is 13.9. The Balaban J connectivity index is 1.33. The van der Waals surface area contributed by atoms with Gasteiger partial charge in [-0.1, -0.05) is 36.9 Å². The number of amides is 1. The molecule has 0 unspecified atom stereocenters. The van der Waals surface area contributed by atoms with Gasteiger partial charge in [0.1, 0.15) is 9.83 Å². The summed E-state index contributed by atoms with van der Waals surface area (Å²) in [7, 11) is 1.36. The molecule has 0 radical (unpaired) electrons. The number of esters is 1. The van der Waals surface area contributed by atoms with E-state index >= 15 is 0 Å². The van der Waals surface area contributed by atoms with E-state index in [1.807, 2.05) is 30.3 Å². The lowest BCUT2D eigenvalue weighted by molar-refractivity contribution is -0.113. The quantitative estimate of drug-likeness (QED) is 0.185. The number of nitrogens with zero attached hydrogens (tertiary/aromatic N) is 2. The molecule has 1 atom stereocenters. The summed E-state index contributed by atoms with van der Waals surface area (Å²) in [6.45, 7) is 2.25. The number of aromatic nitrogens is 2. The van der Waals surface area contributed by atoms with Crippen molar-refractivity contribution in [1.82, 2.24) is 9.55 Å². The van der Waals surface area contributed by atoms with Crippen LogP contribution in [-0.2, 0) is 35.2 Å². The SMILES string of the molecule is COC(=O)c1c(NC(=O)CSc2nc3sc4c(c3c(=O)n2-c2ccccc2)CC[C@H](C)C4)sc2c1CCC2. The number of rotatable bonds is 6. The van der Waals surface area contributed by atoms with Crippen LogP contribution < -0.4 is 10.9 Å². The first-order valence-electron chi connectivity index (χ1n) is 12.7. The van der Waals surface area contributed by atoms with Crippen molar-refractivity contribution in [2.24, 2.45) is 5.92 Å². The Bertz CT molecular complexity index is 1620. The van der Waals surface area contributed by atoms with Gasteiger partial charge in [-0.2, -0.15) is 0 Å². The number of methoxy groups -OCH3 is 1. The molecule has 1 amide bonds. The van der Waals surface area contributed by atoms with E-state index < -0.39 is 5.97 Å². The molecule has 7 nitrogen and oxygen atoms in total. The number of nitrogens with one attached hydrogen (secondary N) is 1. The molecule has 1 aromatic carbocycles. The van der Waals surface area contributed by atoms with Crippen LogP contribution in [0.2, 0.25) is 0 Å². The molecule has 2 aliphatic rings. The fourth-order valence-corrected chi connectivity index (χ4v) is 8.91. The second kappa shape index (κ2) is 10.3. The van der Waals surface area contributed by atoms with Crippen molar-refractivity contribution in [3.05, 3.63) is 67.1 Å². The number of fused-ring (bicyclic) bond motifs is 4. The van der Waals surface area contributed by atoms with Gasteiger partial charge in [-0.25, -0.2) is 9.78 Å². The molecule has 2 aliphatic carbocycles. The molecular formula is C28H27N3O4S3. The van der Waals surface area contributed by atoms with Crippen LogP contribution in [0.3, 0.4) is 0 Å². The van der Waals surface area contributed by atoms with E-state index in [0.717, 1.165) is 65.0 Å². The highest BCUT2D eigenvalue weighted by Crippen LogP contribution is 2.40. The Morgan fingerprint density at radius 2 is 1.95 bits per heavy atom. The summed E-state index contributed by atoms with van der Waals surface area (Å²) in [5, 5.41) is 4.66. The number of thioether (sulfide) groups is 1. The molecule has 6 rings (SSSR count). The molecule has 0 spiro atoms. The van der Waals surface area contributed by atoms with E-state index in [1.54, 1.807) is 15.9 Å². The lowest BCUT2D eigenvalue weighted by Gasteiger charge is -2.17. The van der Waals surface area contributed by atoms with E-state index in [1.165, 1.54) is 35.1 Å². The van der Waals surface area contributed by atoms with Crippen molar-refractivity contribution in [2.75, 3.05) is 18.2 Å². The molecule has 1 N–H and O–H groups in total. The molecule has 0 bridgehead atoms. The number of hydrogen-bond donors (Lipinski definition) is 1. The Hall–Kier alpha value is -2.95. The molecule has 38 heavy (non-hydrogen) atoms. The van der Waals surface area contributed by atoms with Crippen molar-refractivity contribution < 1.29 is 14.3 Å². The average molecular weight is 566 g/mol. The number of benzene rings is 1. The minimum atomic E-state index is -0.423. The average Bonchev–Trinajstić information content (AvgIpc) is 3.60. The van der Waals surface area contributed by atoms with Crippen molar-refractivity contribution in [3.8, 4) is 5.69 Å². The zero-order chi connectivity index (χ0) is 26.4. The summed E-state index contributed by atoms with van der Waals surface area (Å²) in [5.74, 6) is -0.0320. The normalized spacial score (nSPS) is 16.3. The Labute approximate surface area is 232 Å². The maximum atomic E-state index is 13.9. The fourth-order valence-electron chi connectivity index (χ4n) is 5.38. The minimum Gasteiger partial charge on any atom is -0.465 e. The second-order valence-corrected chi connectivity index (χ2v) is 12.9. The van der Waals surface area contributed by atoms with Crippen LogP contribution in [-0.4, -0.2) is 34.3 Å². The first-order chi connectivity index (χ1) is 18.4. The number of aryl methyl sites for hydroxylation is 2. The number of hydrogen-bond acceptors (Lipinski definition) is 8. The van der Waals surface area contributed by atoms with Gasteiger partial charge in [0.05, 0.1) is 29.5 Å². The second-order valence-electron chi connectivity index (χ2n) is 9.79. The monoisotopic (exact) mass is 565 g/mol. The Morgan fingerprint density at radius 1 is 1.13 bits per heavy atom. The van der Waals surface area contributed by atoms with E-state index in [-0.39, 0.29) is 17.2 Å². The van der Waals surface area contributed by atoms with Crippen LogP contribution in [0.25, 0.3) is 15.9 Å². The van der Waals surface area contributed by atoms with Crippen LogP contribution in [0.1, 0.15) is 51.0 Å². The summed E-state index contributed by atoms with van der Waals surface area (Å²) >= 11 is 4.29. The number of ether oxygens (including phenoxy) is 1. The van der Waals surface area contributed by atoms with E-state index in [0.29, 0.717) is 27.0 Å². The lowest BCUT2D eigenvalue weighted by Crippen LogP contribution is -2.23. The Kier molecular flexibility index (Phi) is 6.88. The molecule has 0 saturated carbocycles. The highest BCUT2D eigenvalue weighted by molar-refractivity contribution is 7.99. The van der Waals surface area contributed by atoms with Crippen molar-refractivity contribution in [1.29, 1.82) is 0 Å². The predicted octanol–water partition coefficient (Wildman–Crippen LogP) is 5.64. The summed E-state index contributed by atoms with van der Waals surface area (Å²) < 4.78 is 6.63. The first-order valence-corrected chi connectivity index (χ1v) is 15.3. The van der Waals surface area contributed by atoms with Gasteiger partial charge in [-0.3, -0.25) is 14.2 Å². The molecule has 0 saturated heterocycles. The Morgan fingerprint density at radius 3 is 2.74 bits per heavy atom. The summed E-state index contributed by atoms with van der Waals surface area (Å²) in [6.07, 6.45) is 5.67. The summed E-state index contributed by atoms with van der Waals surface area (Å²) in [4.78, 5) is 47.5. The number of para-hydroxylation sites is 1. The molecule has 10 heteroatoms. The van der Waals surface area contributed by atoms with E-state index in [4.69, 9.17) is 9.72 Å². The molecule has 3 aromatic heterocycles. The van der Waals surface area contributed by atoms with Gasteiger partial charge in [0.15, 0.2) is 5.16 Å². The molecule has 4 aromatic rings. The zero-order valence-corrected chi connectivity index (χ0v) is 23.6. The molecule has 196 valence electrons. The van der Waals surface area contributed by atoms with E-state index in [2.05, 4.69) is 12.2 Å². The predicted molar refractivity (Wildman–Crippen MR) is 153 cm³/mol. The van der Waals surface area contributed by atoms with Gasteiger partial charge in [-0.15, -0.1) is 22.7 Å². The smallest absolute Gasteiger partial charge is 0.341 e. The number of thiophene rings is 2.